The quantitative estimate of drug-likeness (QED) is 0.536. The van der Waals surface area contributed by atoms with Crippen LogP contribution in [0.1, 0.15) is 35.7 Å². The number of benzene rings is 1. The SMILES string of the molecule is Cc1ccc(OCc2nc3c4c5c(sc4ncn3n2)COC(C)(C)C5)cc1. The van der Waals surface area contributed by atoms with Gasteiger partial charge in [-0.3, -0.25) is 0 Å². The van der Waals surface area contributed by atoms with Gasteiger partial charge < -0.3 is 9.47 Å². The zero-order chi connectivity index (χ0) is 18.6. The Labute approximate surface area is 160 Å². The second-order valence-electron chi connectivity index (χ2n) is 7.55. The van der Waals surface area contributed by atoms with Crippen molar-refractivity contribution in [2.75, 3.05) is 0 Å². The van der Waals surface area contributed by atoms with Crippen LogP contribution in [0, 0.1) is 6.92 Å². The Kier molecular flexibility index (Phi) is 3.70. The van der Waals surface area contributed by atoms with E-state index in [1.807, 2.05) is 24.3 Å². The van der Waals surface area contributed by atoms with E-state index in [0.29, 0.717) is 19.0 Å². The molecule has 4 aromatic rings. The van der Waals surface area contributed by atoms with Gasteiger partial charge in [-0.05, 0) is 38.5 Å². The van der Waals surface area contributed by atoms with E-state index in [4.69, 9.17) is 14.5 Å². The zero-order valence-electron chi connectivity index (χ0n) is 15.5. The Hall–Kier alpha value is -2.51. The first-order valence-electron chi connectivity index (χ1n) is 8.96. The second kappa shape index (κ2) is 6.00. The molecule has 0 spiro atoms. The highest BCUT2D eigenvalue weighted by atomic mass is 32.1. The molecule has 0 amide bonds. The lowest BCUT2D eigenvalue weighted by Gasteiger charge is -2.30. The van der Waals surface area contributed by atoms with E-state index in [0.717, 1.165) is 28.0 Å². The molecule has 1 aliphatic rings. The first-order valence-corrected chi connectivity index (χ1v) is 9.78. The van der Waals surface area contributed by atoms with Crippen molar-refractivity contribution in [1.29, 1.82) is 0 Å². The molecular weight excluding hydrogens is 360 g/mol. The van der Waals surface area contributed by atoms with Crippen molar-refractivity contribution in [2.45, 2.75) is 46.0 Å². The summed E-state index contributed by atoms with van der Waals surface area (Å²) in [7, 11) is 0. The first kappa shape index (κ1) is 16.6. The van der Waals surface area contributed by atoms with E-state index < -0.39 is 0 Å². The molecule has 0 fully saturated rings. The molecule has 0 saturated heterocycles. The molecule has 0 saturated carbocycles. The molecule has 0 bridgehead atoms. The van der Waals surface area contributed by atoms with Crippen molar-refractivity contribution in [3.05, 3.63) is 52.4 Å². The third-order valence-corrected chi connectivity index (χ3v) is 5.95. The molecule has 1 aromatic carbocycles. The van der Waals surface area contributed by atoms with Gasteiger partial charge in [0, 0.05) is 11.3 Å². The van der Waals surface area contributed by atoms with Crippen LogP contribution in [-0.4, -0.2) is 25.2 Å². The Morgan fingerprint density at radius 2 is 2.07 bits per heavy atom. The van der Waals surface area contributed by atoms with Crippen LogP contribution in [0.15, 0.2) is 30.6 Å². The van der Waals surface area contributed by atoms with Crippen LogP contribution in [0.4, 0.5) is 0 Å². The number of thiophene rings is 1. The van der Waals surface area contributed by atoms with Crippen molar-refractivity contribution in [1.82, 2.24) is 19.6 Å². The minimum Gasteiger partial charge on any atom is -0.486 e. The maximum atomic E-state index is 5.95. The van der Waals surface area contributed by atoms with Gasteiger partial charge in [-0.15, -0.1) is 16.4 Å². The average Bonchev–Trinajstić information content (AvgIpc) is 3.20. The van der Waals surface area contributed by atoms with E-state index in [9.17, 15) is 0 Å². The Morgan fingerprint density at radius 1 is 1.26 bits per heavy atom. The van der Waals surface area contributed by atoms with Crippen molar-refractivity contribution in [3.63, 3.8) is 0 Å². The predicted molar refractivity (Wildman–Crippen MR) is 104 cm³/mol. The molecule has 0 aliphatic carbocycles. The number of nitrogens with zero attached hydrogens (tertiary/aromatic N) is 4. The molecule has 6 nitrogen and oxygen atoms in total. The smallest absolute Gasteiger partial charge is 0.189 e. The van der Waals surface area contributed by atoms with Crippen molar-refractivity contribution in [3.8, 4) is 5.75 Å². The lowest BCUT2D eigenvalue weighted by atomic mass is 9.94. The maximum Gasteiger partial charge on any atom is 0.189 e. The lowest BCUT2D eigenvalue weighted by molar-refractivity contribution is -0.0379. The zero-order valence-corrected chi connectivity index (χ0v) is 16.3. The summed E-state index contributed by atoms with van der Waals surface area (Å²) in [6.45, 7) is 7.26. The molecule has 1 aliphatic heterocycles. The van der Waals surface area contributed by atoms with Gasteiger partial charge in [0.25, 0.3) is 0 Å². The number of aryl methyl sites for hydroxylation is 1. The maximum absolute atomic E-state index is 5.95. The molecule has 0 atom stereocenters. The monoisotopic (exact) mass is 380 g/mol. The van der Waals surface area contributed by atoms with Gasteiger partial charge in [-0.2, -0.15) is 0 Å². The molecular formula is C20H20N4O2S. The minimum atomic E-state index is -0.175. The van der Waals surface area contributed by atoms with Gasteiger partial charge in [0.15, 0.2) is 11.5 Å². The number of hydrogen-bond donors (Lipinski definition) is 0. The first-order chi connectivity index (χ1) is 13.0. The van der Waals surface area contributed by atoms with Crippen LogP contribution >= 0.6 is 11.3 Å². The van der Waals surface area contributed by atoms with Crippen LogP contribution in [0.3, 0.4) is 0 Å². The number of hydrogen-bond acceptors (Lipinski definition) is 6. The fourth-order valence-electron chi connectivity index (χ4n) is 3.43. The summed E-state index contributed by atoms with van der Waals surface area (Å²) in [5.41, 5.74) is 3.17. The van der Waals surface area contributed by atoms with E-state index in [1.165, 1.54) is 16.0 Å². The van der Waals surface area contributed by atoms with Crippen LogP contribution in [-0.2, 0) is 24.4 Å². The Balaban J connectivity index is 1.52. The van der Waals surface area contributed by atoms with Crippen LogP contribution in [0.25, 0.3) is 15.9 Å². The van der Waals surface area contributed by atoms with Gasteiger partial charge in [0.2, 0.25) is 0 Å². The topological polar surface area (TPSA) is 61.5 Å². The van der Waals surface area contributed by atoms with Gasteiger partial charge >= 0.3 is 0 Å². The highest BCUT2D eigenvalue weighted by Gasteiger charge is 2.30. The molecule has 3 aromatic heterocycles. The van der Waals surface area contributed by atoms with Crippen molar-refractivity contribution in [2.24, 2.45) is 0 Å². The van der Waals surface area contributed by atoms with Gasteiger partial charge in [-0.25, -0.2) is 14.5 Å². The van der Waals surface area contributed by atoms with E-state index in [-0.39, 0.29) is 5.60 Å². The fraction of sp³-hybridized carbons (Fsp3) is 0.350. The summed E-state index contributed by atoms with van der Waals surface area (Å²) in [5.74, 6) is 1.46. The Bertz CT molecular complexity index is 1140. The molecule has 5 rings (SSSR count). The Morgan fingerprint density at radius 3 is 2.89 bits per heavy atom. The summed E-state index contributed by atoms with van der Waals surface area (Å²) >= 11 is 1.69. The summed E-state index contributed by atoms with van der Waals surface area (Å²) in [4.78, 5) is 11.6. The normalized spacial score (nSPS) is 16.0. The highest BCUT2D eigenvalue weighted by Crippen LogP contribution is 2.39. The molecule has 0 N–H and O–H groups in total. The number of aromatic nitrogens is 4. The molecule has 7 heteroatoms. The van der Waals surface area contributed by atoms with Crippen molar-refractivity contribution < 1.29 is 9.47 Å². The number of rotatable bonds is 3. The standard InChI is InChI=1S/C20H20N4O2S/c1-12-4-6-13(7-5-12)25-10-16-22-18-17-14-8-20(2,3)26-9-15(14)27-19(17)21-11-24(18)23-16/h4-7,11H,8-10H2,1-3H3. The predicted octanol–water partition coefficient (Wildman–Crippen LogP) is 4.08. The molecule has 0 radical (unpaired) electrons. The highest BCUT2D eigenvalue weighted by molar-refractivity contribution is 7.19. The molecule has 0 unspecified atom stereocenters. The van der Waals surface area contributed by atoms with Crippen molar-refractivity contribution >= 4 is 27.2 Å². The minimum absolute atomic E-state index is 0.175. The molecule has 138 valence electrons. The summed E-state index contributed by atoms with van der Waals surface area (Å²) < 4.78 is 13.5. The van der Waals surface area contributed by atoms with E-state index in [1.54, 1.807) is 22.2 Å². The molecule has 27 heavy (non-hydrogen) atoms. The van der Waals surface area contributed by atoms with Crippen LogP contribution in [0.5, 0.6) is 5.75 Å². The third kappa shape index (κ3) is 2.96. The summed E-state index contributed by atoms with van der Waals surface area (Å²) in [6, 6.07) is 7.98. The average molecular weight is 380 g/mol. The number of fused-ring (bicyclic) bond motifs is 5. The fourth-order valence-corrected chi connectivity index (χ4v) is 4.49. The summed E-state index contributed by atoms with van der Waals surface area (Å²) in [6.07, 6.45) is 2.58. The summed E-state index contributed by atoms with van der Waals surface area (Å²) in [5, 5.41) is 5.65. The van der Waals surface area contributed by atoms with E-state index in [2.05, 4.69) is 30.9 Å². The van der Waals surface area contributed by atoms with Gasteiger partial charge in [-0.1, -0.05) is 17.7 Å². The number of ether oxygens (including phenoxy) is 2. The van der Waals surface area contributed by atoms with Gasteiger partial charge in [0.1, 0.15) is 23.5 Å². The molecule has 4 heterocycles. The van der Waals surface area contributed by atoms with E-state index >= 15 is 0 Å². The third-order valence-electron chi connectivity index (χ3n) is 4.84. The van der Waals surface area contributed by atoms with Crippen LogP contribution < -0.4 is 4.74 Å². The van der Waals surface area contributed by atoms with Crippen LogP contribution in [0.2, 0.25) is 0 Å². The second-order valence-corrected chi connectivity index (χ2v) is 8.64. The van der Waals surface area contributed by atoms with Gasteiger partial charge in [0.05, 0.1) is 17.6 Å². The largest absolute Gasteiger partial charge is 0.486 e. The lowest BCUT2D eigenvalue weighted by Crippen LogP contribution is -2.31.